The molecule has 6 nitrogen and oxygen atoms in total. The molecule has 0 aliphatic carbocycles. The minimum absolute atomic E-state index is 0.00364. The van der Waals surface area contributed by atoms with Crippen molar-refractivity contribution in [1.82, 2.24) is 5.32 Å². The number of carbonyl (C=O) groups is 2. The molecule has 0 unspecified atom stereocenters. The summed E-state index contributed by atoms with van der Waals surface area (Å²) >= 11 is 5.31. The Morgan fingerprint density at radius 1 is 0.800 bits per heavy atom. The number of nitrogens with zero attached hydrogens (tertiary/aromatic N) is 1. The second-order valence-corrected chi connectivity index (χ2v) is 8.23. The van der Waals surface area contributed by atoms with Crippen molar-refractivity contribution >= 4 is 51.7 Å². The number of carbonyl (C=O) groups excluding carboxylic acids is 2. The topological polar surface area (TPSA) is 67.9 Å². The number of ether oxygens (including phenoxy) is 2. The molecule has 1 aliphatic rings. The summed E-state index contributed by atoms with van der Waals surface area (Å²) in [6.45, 7) is 0. The molecule has 1 N–H and O–H groups in total. The first-order valence-corrected chi connectivity index (χ1v) is 11.2. The monoisotopic (exact) mass is 480 g/mol. The average molecular weight is 481 g/mol. The molecule has 172 valence electrons. The normalized spacial score (nSPS) is 14.8. The molecule has 0 atom stereocenters. The summed E-state index contributed by atoms with van der Waals surface area (Å²) in [5, 5.41) is 4.60. The highest BCUT2D eigenvalue weighted by Crippen LogP contribution is 2.28. The Morgan fingerprint density at radius 3 is 2.20 bits per heavy atom. The fourth-order valence-electron chi connectivity index (χ4n) is 3.81. The lowest BCUT2D eigenvalue weighted by Crippen LogP contribution is -2.54. The molecule has 0 spiro atoms. The molecule has 35 heavy (non-hydrogen) atoms. The number of nitrogens with one attached hydrogen (secondary N) is 1. The molecular formula is C28H20N2O4S. The standard InChI is InChI=1S/C28H20N2O4S/c1-33-24-12-9-19-15-18(7-8-20(19)17-24)16-25-26(31)29-28(35)30(27(25)32)21-10-13-23(14-11-21)34-22-5-3-2-4-6-22/h2-17H,1H3,(H,29,31,35)/b25-16+. The van der Waals surface area contributed by atoms with Crippen LogP contribution < -0.4 is 19.7 Å². The van der Waals surface area contributed by atoms with Gasteiger partial charge in [0.05, 0.1) is 12.8 Å². The van der Waals surface area contributed by atoms with Crippen LogP contribution in [0.5, 0.6) is 17.2 Å². The number of para-hydroxylation sites is 1. The van der Waals surface area contributed by atoms with Gasteiger partial charge in [0.2, 0.25) is 0 Å². The maximum absolute atomic E-state index is 13.3. The van der Waals surface area contributed by atoms with Crippen molar-refractivity contribution in [2.75, 3.05) is 12.0 Å². The van der Waals surface area contributed by atoms with E-state index in [2.05, 4.69) is 5.32 Å². The average Bonchev–Trinajstić information content (AvgIpc) is 2.87. The molecule has 2 amide bonds. The fraction of sp³-hybridized carbons (Fsp3) is 0.0357. The zero-order valence-corrected chi connectivity index (χ0v) is 19.5. The van der Waals surface area contributed by atoms with Gasteiger partial charge in [0.1, 0.15) is 22.8 Å². The molecular weight excluding hydrogens is 460 g/mol. The van der Waals surface area contributed by atoms with Gasteiger partial charge in [-0.25, -0.2) is 0 Å². The summed E-state index contributed by atoms with van der Waals surface area (Å²) in [5.74, 6) is 1.05. The number of rotatable bonds is 5. The van der Waals surface area contributed by atoms with Gasteiger partial charge in [-0.05, 0) is 89.2 Å². The van der Waals surface area contributed by atoms with E-state index in [1.165, 1.54) is 4.90 Å². The van der Waals surface area contributed by atoms with Crippen molar-refractivity contribution < 1.29 is 19.1 Å². The maximum atomic E-state index is 13.3. The van der Waals surface area contributed by atoms with Gasteiger partial charge >= 0.3 is 0 Å². The van der Waals surface area contributed by atoms with E-state index in [0.29, 0.717) is 17.2 Å². The third-order valence-electron chi connectivity index (χ3n) is 5.56. The minimum atomic E-state index is -0.532. The van der Waals surface area contributed by atoms with Crippen molar-refractivity contribution in [1.29, 1.82) is 0 Å². The highest BCUT2D eigenvalue weighted by atomic mass is 32.1. The predicted molar refractivity (Wildman–Crippen MR) is 140 cm³/mol. The molecule has 1 saturated heterocycles. The van der Waals surface area contributed by atoms with Gasteiger partial charge in [0.15, 0.2) is 5.11 Å². The van der Waals surface area contributed by atoms with Gasteiger partial charge in [-0.2, -0.15) is 0 Å². The molecule has 7 heteroatoms. The summed E-state index contributed by atoms with van der Waals surface area (Å²) in [6, 6.07) is 27.7. The van der Waals surface area contributed by atoms with Crippen molar-refractivity contribution in [3.8, 4) is 17.2 Å². The van der Waals surface area contributed by atoms with E-state index in [1.54, 1.807) is 37.5 Å². The van der Waals surface area contributed by atoms with Crippen molar-refractivity contribution in [3.63, 3.8) is 0 Å². The first-order valence-electron chi connectivity index (χ1n) is 10.8. The molecule has 1 fully saturated rings. The SMILES string of the molecule is COc1ccc2cc(/C=C3\C(=O)NC(=S)N(c4ccc(Oc5ccccc5)cc4)C3=O)ccc2c1. The highest BCUT2D eigenvalue weighted by molar-refractivity contribution is 7.80. The zero-order chi connectivity index (χ0) is 24.4. The number of hydrogen-bond donors (Lipinski definition) is 1. The number of benzene rings is 4. The lowest BCUT2D eigenvalue weighted by Gasteiger charge is -2.29. The molecule has 0 saturated carbocycles. The van der Waals surface area contributed by atoms with Crippen LogP contribution in [0, 0.1) is 0 Å². The summed E-state index contributed by atoms with van der Waals surface area (Å²) in [6.07, 6.45) is 1.57. The van der Waals surface area contributed by atoms with E-state index < -0.39 is 11.8 Å². The van der Waals surface area contributed by atoms with Crippen LogP contribution in [0.15, 0.2) is 96.6 Å². The van der Waals surface area contributed by atoms with Gasteiger partial charge in [-0.15, -0.1) is 0 Å². The number of thiocarbonyl (C=S) groups is 1. The summed E-state index contributed by atoms with van der Waals surface area (Å²) in [4.78, 5) is 27.3. The molecule has 5 rings (SSSR count). The van der Waals surface area contributed by atoms with Gasteiger partial charge in [-0.3, -0.25) is 19.8 Å². The van der Waals surface area contributed by atoms with Crippen LogP contribution in [0.25, 0.3) is 16.8 Å². The Morgan fingerprint density at radius 2 is 1.46 bits per heavy atom. The van der Waals surface area contributed by atoms with Crippen molar-refractivity contribution in [3.05, 3.63) is 102 Å². The second-order valence-electron chi connectivity index (χ2n) is 7.84. The predicted octanol–water partition coefficient (Wildman–Crippen LogP) is 5.47. The van der Waals surface area contributed by atoms with E-state index in [9.17, 15) is 9.59 Å². The van der Waals surface area contributed by atoms with Crippen LogP contribution in [0.2, 0.25) is 0 Å². The van der Waals surface area contributed by atoms with Crippen LogP contribution in [-0.2, 0) is 9.59 Å². The molecule has 0 radical (unpaired) electrons. The van der Waals surface area contributed by atoms with Crippen molar-refractivity contribution in [2.45, 2.75) is 0 Å². The van der Waals surface area contributed by atoms with Crippen LogP contribution in [0.3, 0.4) is 0 Å². The van der Waals surface area contributed by atoms with E-state index in [-0.39, 0.29) is 10.7 Å². The quantitative estimate of drug-likeness (QED) is 0.233. The number of anilines is 1. The highest BCUT2D eigenvalue weighted by Gasteiger charge is 2.34. The third kappa shape index (κ3) is 4.62. The van der Waals surface area contributed by atoms with Crippen LogP contribution in [0.4, 0.5) is 5.69 Å². The smallest absolute Gasteiger partial charge is 0.270 e. The summed E-state index contributed by atoms with van der Waals surface area (Å²) in [5.41, 5.74) is 1.24. The van der Waals surface area contributed by atoms with E-state index in [4.69, 9.17) is 21.7 Å². The van der Waals surface area contributed by atoms with Gasteiger partial charge in [0, 0.05) is 0 Å². The summed E-state index contributed by atoms with van der Waals surface area (Å²) in [7, 11) is 1.62. The van der Waals surface area contributed by atoms with Crippen LogP contribution in [0.1, 0.15) is 5.56 Å². The molecule has 0 aromatic heterocycles. The van der Waals surface area contributed by atoms with E-state index >= 15 is 0 Å². The Labute approximate surface area is 207 Å². The van der Waals surface area contributed by atoms with Gasteiger partial charge < -0.3 is 9.47 Å². The molecule has 4 aromatic rings. The number of amides is 2. The Bertz CT molecular complexity index is 1480. The molecule has 0 bridgehead atoms. The molecule has 4 aromatic carbocycles. The van der Waals surface area contributed by atoms with Crippen LogP contribution >= 0.6 is 12.2 Å². The van der Waals surface area contributed by atoms with E-state index in [0.717, 1.165) is 22.1 Å². The fourth-order valence-corrected chi connectivity index (χ4v) is 4.09. The molecule has 1 heterocycles. The first kappa shape index (κ1) is 22.3. The number of hydrogen-bond acceptors (Lipinski definition) is 5. The van der Waals surface area contributed by atoms with Gasteiger partial charge in [-0.1, -0.05) is 36.4 Å². The minimum Gasteiger partial charge on any atom is -0.497 e. The molecule has 1 aliphatic heterocycles. The zero-order valence-electron chi connectivity index (χ0n) is 18.7. The lowest BCUT2D eigenvalue weighted by atomic mass is 10.0. The Hall–Kier alpha value is -4.49. The number of fused-ring (bicyclic) bond motifs is 1. The van der Waals surface area contributed by atoms with Crippen molar-refractivity contribution in [2.24, 2.45) is 0 Å². The largest absolute Gasteiger partial charge is 0.497 e. The lowest BCUT2D eigenvalue weighted by molar-refractivity contribution is -0.122. The van der Waals surface area contributed by atoms with E-state index in [1.807, 2.05) is 66.7 Å². The Kier molecular flexibility index (Phi) is 5.99. The number of methoxy groups -OCH3 is 1. The van der Waals surface area contributed by atoms with Gasteiger partial charge in [0.25, 0.3) is 11.8 Å². The summed E-state index contributed by atoms with van der Waals surface area (Å²) < 4.78 is 11.1. The Balaban J connectivity index is 1.42. The second kappa shape index (κ2) is 9.40. The maximum Gasteiger partial charge on any atom is 0.270 e. The first-order chi connectivity index (χ1) is 17.0. The third-order valence-corrected chi connectivity index (χ3v) is 5.84. The van der Waals surface area contributed by atoms with Crippen LogP contribution in [-0.4, -0.2) is 24.0 Å².